The average molecular weight is 197 g/mol. The number of hydrogen-bond acceptors (Lipinski definition) is 2. The summed E-state index contributed by atoms with van der Waals surface area (Å²) in [5.41, 5.74) is 0.0708. The van der Waals surface area contributed by atoms with E-state index < -0.39 is 0 Å². The number of nitrogens with one attached hydrogen (secondary N) is 2. The van der Waals surface area contributed by atoms with Gasteiger partial charge in [0.15, 0.2) is 0 Å². The lowest BCUT2D eigenvalue weighted by molar-refractivity contribution is 0.155. The lowest BCUT2D eigenvalue weighted by atomic mass is 9.97. The summed E-state index contributed by atoms with van der Waals surface area (Å²) >= 11 is 0. The van der Waals surface area contributed by atoms with Crippen molar-refractivity contribution in [2.24, 2.45) is 5.92 Å². The lowest BCUT2D eigenvalue weighted by Crippen LogP contribution is -2.50. The SMILES string of the molecule is CC(C)CN1C(=O)NCC12CCNC2. The Kier molecular flexibility index (Phi) is 2.39. The first-order valence-corrected chi connectivity index (χ1v) is 5.40. The first-order valence-electron chi connectivity index (χ1n) is 5.40. The molecule has 0 aromatic carbocycles. The summed E-state index contributed by atoms with van der Waals surface area (Å²) < 4.78 is 0. The van der Waals surface area contributed by atoms with Gasteiger partial charge < -0.3 is 15.5 Å². The smallest absolute Gasteiger partial charge is 0.318 e. The summed E-state index contributed by atoms with van der Waals surface area (Å²) in [5.74, 6) is 0.538. The molecule has 2 heterocycles. The van der Waals surface area contributed by atoms with Crippen LogP contribution in [0.5, 0.6) is 0 Å². The van der Waals surface area contributed by atoms with E-state index in [0.29, 0.717) is 5.92 Å². The Labute approximate surface area is 85.0 Å². The zero-order chi connectivity index (χ0) is 10.2. The molecule has 0 saturated carbocycles. The molecule has 2 aliphatic rings. The van der Waals surface area contributed by atoms with E-state index in [1.165, 1.54) is 0 Å². The maximum Gasteiger partial charge on any atom is 0.318 e. The second-order valence-corrected chi connectivity index (χ2v) is 4.81. The van der Waals surface area contributed by atoms with Crippen LogP contribution in [0, 0.1) is 5.92 Å². The predicted octanol–water partition coefficient (Wildman–Crippen LogP) is 0.400. The summed E-state index contributed by atoms with van der Waals surface area (Å²) in [5, 5.41) is 6.30. The number of nitrogens with zero attached hydrogens (tertiary/aromatic N) is 1. The highest BCUT2D eigenvalue weighted by atomic mass is 16.2. The van der Waals surface area contributed by atoms with E-state index in [9.17, 15) is 4.79 Å². The zero-order valence-electron chi connectivity index (χ0n) is 8.97. The van der Waals surface area contributed by atoms with Crippen molar-refractivity contribution in [3.05, 3.63) is 0 Å². The third-order valence-electron chi connectivity index (χ3n) is 3.16. The molecule has 2 amide bonds. The molecule has 0 aliphatic carbocycles. The van der Waals surface area contributed by atoms with Gasteiger partial charge in [-0.1, -0.05) is 13.8 Å². The molecule has 2 rings (SSSR count). The van der Waals surface area contributed by atoms with Gasteiger partial charge in [0.2, 0.25) is 0 Å². The van der Waals surface area contributed by atoms with E-state index in [4.69, 9.17) is 0 Å². The number of rotatable bonds is 2. The van der Waals surface area contributed by atoms with Crippen LogP contribution >= 0.6 is 0 Å². The maximum absolute atomic E-state index is 11.7. The van der Waals surface area contributed by atoms with E-state index in [1.54, 1.807) is 0 Å². The van der Waals surface area contributed by atoms with E-state index in [-0.39, 0.29) is 11.6 Å². The van der Waals surface area contributed by atoms with Gasteiger partial charge >= 0.3 is 6.03 Å². The van der Waals surface area contributed by atoms with Crippen LogP contribution in [0.15, 0.2) is 0 Å². The molecule has 2 fully saturated rings. The van der Waals surface area contributed by atoms with Crippen molar-refractivity contribution >= 4 is 6.03 Å². The molecule has 2 saturated heterocycles. The molecular formula is C10H19N3O. The molecular weight excluding hydrogens is 178 g/mol. The topological polar surface area (TPSA) is 44.4 Å². The van der Waals surface area contributed by atoms with Crippen LogP contribution in [0.25, 0.3) is 0 Å². The molecule has 1 spiro atoms. The fourth-order valence-electron chi connectivity index (χ4n) is 2.40. The molecule has 1 unspecified atom stereocenters. The molecule has 80 valence electrons. The Bertz CT molecular complexity index is 234. The number of carbonyl (C=O) groups excluding carboxylic acids is 1. The van der Waals surface area contributed by atoms with Crippen molar-refractivity contribution in [1.82, 2.24) is 15.5 Å². The predicted molar refractivity (Wildman–Crippen MR) is 55.2 cm³/mol. The highest BCUT2D eigenvalue weighted by molar-refractivity contribution is 5.78. The normalized spacial score (nSPS) is 31.9. The van der Waals surface area contributed by atoms with Crippen LogP contribution in [-0.4, -0.2) is 42.6 Å². The van der Waals surface area contributed by atoms with Crippen LogP contribution in [0.3, 0.4) is 0 Å². The highest BCUT2D eigenvalue weighted by Crippen LogP contribution is 2.27. The summed E-state index contributed by atoms with van der Waals surface area (Å²) in [7, 11) is 0. The van der Waals surface area contributed by atoms with Crippen LogP contribution < -0.4 is 10.6 Å². The highest BCUT2D eigenvalue weighted by Gasteiger charge is 2.46. The van der Waals surface area contributed by atoms with Gasteiger partial charge in [-0.05, 0) is 18.9 Å². The third-order valence-corrected chi connectivity index (χ3v) is 3.16. The van der Waals surface area contributed by atoms with Crippen molar-refractivity contribution in [2.75, 3.05) is 26.2 Å². The fourth-order valence-corrected chi connectivity index (χ4v) is 2.40. The molecule has 4 heteroatoms. The first kappa shape index (κ1) is 9.77. The van der Waals surface area contributed by atoms with Gasteiger partial charge in [-0.25, -0.2) is 4.79 Å². The Morgan fingerprint density at radius 1 is 1.50 bits per heavy atom. The minimum Gasteiger partial charge on any atom is -0.336 e. The molecule has 4 nitrogen and oxygen atoms in total. The minimum atomic E-state index is 0.0708. The van der Waals surface area contributed by atoms with E-state index in [2.05, 4.69) is 24.5 Å². The quantitative estimate of drug-likeness (QED) is 0.673. The second-order valence-electron chi connectivity index (χ2n) is 4.81. The first-order chi connectivity index (χ1) is 6.64. The van der Waals surface area contributed by atoms with Crippen LogP contribution in [-0.2, 0) is 0 Å². The van der Waals surface area contributed by atoms with Gasteiger partial charge in [0.25, 0.3) is 0 Å². The van der Waals surface area contributed by atoms with Crippen molar-refractivity contribution in [3.63, 3.8) is 0 Å². The maximum atomic E-state index is 11.7. The Morgan fingerprint density at radius 3 is 2.86 bits per heavy atom. The van der Waals surface area contributed by atoms with Gasteiger partial charge in [-0.2, -0.15) is 0 Å². The van der Waals surface area contributed by atoms with Crippen LogP contribution in [0.4, 0.5) is 4.79 Å². The average Bonchev–Trinajstić information content (AvgIpc) is 2.69. The standard InChI is InChI=1S/C10H19N3O/c1-8(2)5-13-9(14)12-7-10(13)3-4-11-6-10/h8,11H,3-7H2,1-2H3,(H,12,14). The lowest BCUT2D eigenvalue weighted by Gasteiger charge is -2.33. The summed E-state index contributed by atoms with van der Waals surface area (Å²) in [6, 6.07) is 0.113. The van der Waals surface area contributed by atoms with E-state index in [0.717, 1.165) is 32.6 Å². The Morgan fingerprint density at radius 2 is 2.29 bits per heavy atom. The molecule has 1 atom stereocenters. The Hall–Kier alpha value is -0.770. The molecule has 14 heavy (non-hydrogen) atoms. The third kappa shape index (κ3) is 1.47. The van der Waals surface area contributed by atoms with Gasteiger partial charge in [0.1, 0.15) is 0 Å². The van der Waals surface area contributed by atoms with Gasteiger partial charge in [0.05, 0.1) is 5.54 Å². The molecule has 0 radical (unpaired) electrons. The summed E-state index contributed by atoms with van der Waals surface area (Å²) in [6.07, 6.45) is 1.08. The molecule has 2 N–H and O–H groups in total. The van der Waals surface area contributed by atoms with E-state index in [1.807, 2.05) is 4.90 Å². The molecule has 0 aromatic heterocycles. The Balaban J connectivity index is 2.12. The van der Waals surface area contributed by atoms with Crippen molar-refractivity contribution in [3.8, 4) is 0 Å². The fraction of sp³-hybridized carbons (Fsp3) is 0.900. The largest absolute Gasteiger partial charge is 0.336 e. The monoisotopic (exact) mass is 197 g/mol. The number of urea groups is 1. The van der Waals surface area contributed by atoms with E-state index >= 15 is 0 Å². The van der Waals surface area contributed by atoms with Crippen molar-refractivity contribution < 1.29 is 4.79 Å². The van der Waals surface area contributed by atoms with Crippen LogP contribution in [0.2, 0.25) is 0 Å². The second kappa shape index (κ2) is 3.42. The number of hydrogen-bond donors (Lipinski definition) is 2. The molecule has 0 bridgehead atoms. The number of amides is 2. The summed E-state index contributed by atoms with van der Waals surface area (Å²) in [6.45, 7) is 7.96. The molecule has 0 aromatic rings. The zero-order valence-corrected chi connectivity index (χ0v) is 8.97. The van der Waals surface area contributed by atoms with Crippen molar-refractivity contribution in [2.45, 2.75) is 25.8 Å². The summed E-state index contributed by atoms with van der Waals surface area (Å²) in [4.78, 5) is 13.7. The van der Waals surface area contributed by atoms with Crippen LogP contribution in [0.1, 0.15) is 20.3 Å². The van der Waals surface area contributed by atoms with Gasteiger partial charge in [-0.3, -0.25) is 0 Å². The van der Waals surface area contributed by atoms with Gasteiger partial charge in [0, 0.05) is 19.6 Å². The minimum absolute atomic E-state index is 0.0708. The number of carbonyl (C=O) groups is 1. The van der Waals surface area contributed by atoms with Crippen molar-refractivity contribution in [1.29, 1.82) is 0 Å². The van der Waals surface area contributed by atoms with Gasteiger partial charge in [-0.15, -0.1) is 0 Å². The molecule has 2 aliphatic heterocycles.